The Morgan fingerprint density at radius 2 is 1.93 bits per heavy atom. The molecule has 9 nitrogen and oxygen atoms in total. The van der Waals surface area contributed by atoms with Crippen LogP contribution in [-0.4, -0.2) is 42.0 Å². The highest BCUT2D eigenvalue weighted by molar-refractivity contribution is 5.91. The van der Waals surface area contributed by atoms with E-state index in [2.05, 4.69) is 20.2 Å². The predicted molar refractivity (Wildman–Crippen MR) is 103 cm³/mol. The van der Waals surface area contributed by atoms with Gasteiger partial charge in [-0.15, -0.1) is 5.10 Å². The van der Waals surface area contributed by atoms with Crippen molar-refractivity contribution in [3.63, 3.8) is 0 Å². The molecule has 1 aliphatic heterocycles. The number of rotatable bonds is 3. The van der Waals surface area contributed by atoms with Gasteiger partial charge in [-0.2, -0.15) is 4.98 Å². The van der Waals surface area contributed by atoms with Gasteiger partial charge in [-0.25, -0.2) is 9.55 Å². The number of pyridine rings is 3. The van der Waals surface area contributed by atoms with Crippen LogP contribution in [0.4, 0.5) is 0 Å². The van der Waals surface area contributed by atoms with E-state index in [0.29, 0.717) is 34.2 Å². The number of ether oxygens (including phenoxy) is 1. The quantitative estimate of drug-likeness (QED) is 0.539. The smallest absolute Gasteiger partial charge is 0.267 e. The summed E-state index contributed by atoms with van der Waals surface area (Å²) in [5.41, 5.74) is 0.593. The predicted octanol–water partition coefficient (Wildman–Crippen LogP) is 1.31. The summed E-state index contributed by atoms with van der Waals surface area (Å²) in [4.78, 5) is 34.6. The number of H-pyrrole nitrogens is 1. The van der Waals surface area contributed by atoms with Gasteiger partial charge in [-0.05, 0) is 38.0 Å². The Bertz CT molecular complexity index is 1310. The van der Waals surface area contributed by atoms with Crippen molar-refractivity contribution < 1.29 is 4.74 Å². The van der Waals surface area contributed by atoms with Gasteiger partial charge >= 0.3 is 0 Å². The molecule has 0 aromatic carbocycles. The van der Waals surface area contributed by atoms with E-state index in [9.17, 15) is 9.59 Å². The van der Waals surface area contributed by atoms with E-state index >= 15 is 0 Å². The maximum absolute atomic E-state index is 13.0. The van der Waals surface area contributed by atoms with Gasteiger partial charge in [-0.3, -0.25) is 14.7 Å². The second-order valence-electron chi connectivity index (χ2n) is 6.97. The molecule has 4 aromatic heterocycles. The maximum Gasteiger partial charge on any atom is 0.267 e. The van der Waals surface area contributed by atoms with Gasteiger partial charge in [0.05, 0.1) is 34.5 Å². The number of aryl methyl sites for hydroxylation is 1. The summed E-state index contributed by atoms with van der Waals surface area (Å²) in [5, 5.41) is 7.52. The standard InChI is InChI=1S/C19H18N6O3/c1-11-20-19(23-22-11)25-7-5-16-14(18(25)27)9-13-15(21-16)4-6-24(17(13)26)10-12-3-2-8-28-12/h4-7,9,12H,2-3,8,10H2,1H3,(H,20,22,23). The molecule has 1 saturated heterocycles. The normalized spacial score (nSPS) is 17.0. The van der Waals surface area contributed by atoms with E-state index in [1.54, 1.807) is 42.1 Å². The Balaban J connectivity index is 1.67. The van der Waals surface area contributed by atoms with E-state index in [-0.39, 0.29) is 23.2 Å². The number of fused-ring (bicyclic) bond motifs is 2. The summed E-state index contributed by atoms with van der Waals surface area (Å²) in [6.07, 6.45) is 5.34. The molecule has 1 N–H and O–H groups in total. The van der Waals surface area contributed by atoms with E-state index in [1.165, 1.54) is 4.57 Å². The van der Waals surface area contributed by atoms with Crippen molar-refractivity contribution in [2.75, 3.05) is 6.61 Å². The molecular formula is C19H18N6O3. The van der Waals surface area contributed by atoms with Crippen LogP contribution in [0.15, 0.2) is 40.2 Å². The van der Waals surface area contributed by atoms with Crippen molar-refractivity contribution in [2.24, 2.45) is 0 Å². The molecule has 0 bridgehead atoms. The second kappa shape index (κ2) is 6.38. The molecular weight excluding hydrogens is 360 g/mol. The third kappa shape index (κ3) is 2.71. The molecule has 0 saturated carbocycles. The minimum absolute atomic E-state index is 0.0507. The van der Waals surface area contributed by atoms with Crippen LogP contribution in [0.25, 0.3) is 27.8 Å². The zero-order chi connectivity index (χ0) is 19.3. The lowest BCUT2D eigenvalue weighted by molar-refractivity contribution is 0.0963. The monoisotopic (exact) mass is 378 g/mol. The van der Waals surface area contributed by atoms with Crippen molar-refractivity contribution in [3.05, 3.63) is 57.1 Å². The van der Waals surface area contributed by atoms with Crippen LogP contribution in [0.2, 0.25) is 0 Å². The molecule has 5 rings (SSSR count). The lowest BCUT2D eigenvalue weighted by atomic mass is 10.2. The fourth-order valence-corrected chi connectivity index (χ4v) is 3.61. The first kappa shape index (κ1) is 16.8. The molecule has 1 atom stereocenters. The SMILES string of the molecule is Cc1nc(-n2ccc3nc4ccn(CC5CCCO5)c(=O)c4cc3c2=O)n[nH]1. The third-order valence-corrected chi connectivity index (χ3v) is 5.04. The summed E-state index contributed by atoms with van der Waals surface area (Å²) in [7, 11) is 0. The van der Waals surface area contributed by atoms with Crippen LogP contribution >= 0.6 is 0 Å². The molecule has 0 aliphatic carbocycles. The van der Waals surface area contributed by atoms with Gasteiger partial charge < -0.3 is 9.30 Å². The molecule has 1 fully saturated rings. The fourth-order valence-electron chi connectivity index (χ4n) is 3.61. The molecule has 0 radical (unpaired) electrons. The summed E-state index contributed by atoms with van der Waals surface area (Å²) < 4.78 is 8.61. The minimum atomic E-state index is -0.320. The highest BCUT2D eigenvalue weighted by atomic mass is 16.5. The van der Waals surface area contributed by atoms with Crippen LogP contribution in [0.5, 0.6) is 0 Å². The molecule has 0 amide bonds. The first-order valence-electron chi connectivity index (χ1n) is 9.17. The van der Waals surface area contributed by atoms with Gasteiger partial charge in [0.15, 0.2) is 0 Å². The summed E-state index contributed by atoms with van der Waals surface area (Å²) in [6.45, 7) is 3.00. The summed E-state index contributed by atoms with van der Waals surface area (Å²) in [6, 6.07) is 5.14. The zero-order valence-electron chi connectivity index (χ0n) is 15.3. The largest absolute Gasteiger partial charge is 0.376 e. The molecule has 9 heteroatoms. The van der Waals surface area contributed by atoms with Gasteiger partial charge in [0.1, 0.15) is 5.82 Å². The van der Waals surface area contributed by atoms with Crippen LogP contribution < -0.4 is 11.1 Å². The Morgan fingerprint density at radius 3 is 2.64 bits per heavy atom. The van der Waals surface area contributed by atoms with Gasteiger partial charge in [0.2, 0.25) is 0 Å². The fraction of sp³-hybridized carbons (Fsp3) is 0.316. The van der Waals surface area contributed by atoms with E-state index in [4.69, 9.17) is 4.74 Å². The Morgan fingerprint density at radius 1 is 1.14 bits per heavy atom. The summed E-state index contributed by atoms with van der Waals surface area (Å²) >= 11 is 0. The Kier molecular flexibility index (Phi) is 3.83. The van der Waals surface area contributed by atoms with Crippen LogP contribution in [-0.2, 0) is 11.3 Å². The van der Waals surface area contributed by atoms with Gasteiger partial charge in [-0.1, -0.05) is 0 Å². The van der Waals surface area contributed by atoms with Crippen molar-refractivity contribution in [3.8, 4) is 5.95 Å². The second-order valence-corrected chi connectivity index (χ2v) is 6.97. The molecule has 0 spiro atoms. The molecule has 4 aromatic rings. The first-order chi connectivity index (χ1) is 13.6. The molecule has 142 valence electrons. The van der Waals surface area contributed by atoms with Crippen molar-refractivity contribution in [1.82, 2.24) is 29.3 Å². The molecule has 5 heterocycles. The number of nitrogens with zero attached hydrogens (tertiary/aromatic N) is 5. The first-order valence-corrected chi connectivity index (χ1v) is 9.17. The van der Waals surface area contributed by atoms with Gasteiger partial charge in [0.25, 0.3) is 17.1 Å². The lowest BCUT2D eigenvalue weighted by Gasteiger charge is -2.12. The molecule has 1 aliphatic rings. The van der Waals surface area contributed by atoms with Crippen molar-refractivity contribution in [2.45, 2.75) is 32.4 Å². The van der Waals surface area contributed by atoms with Crippen LogP contribution in [0.3, 0.4) is 0 Å². The minimum Gasteiger partial charge on any atom is -0.376 e. The average molecular weight is 378 g/mol. The topological polar surface area (TPSA) is 108 Å². The van der Waals surface area contributed by atoms with Gasteiger partial charge in [0, 0.05) is 19.0 Å². The molecule has 28 heavy (non-hydrogen) atoms. The van der Waals surface area contributed by atoms with Crippen LogP contribution in [0.1, 0.15) is 18.7 Å². The Labute approximate surface area is 158 Å². The number of hydrogen-bond donors (Lipinski definition) is 1. The van der Waals surface area contributed by atoms with E-state index < -0.39 is 0 Å². The highest BCUT2D eigenvalue weighted by Gasteiger charge is 2.18. The lowest BCUT2D eigenvalue weighted by Crippen LogP contribution is -2.26. The zero-order valence-corrected chi connectivity index (χ0v) is 15.3. The highest BCUT2D eigenvalue weighted by Crippen LogP contribution is 2.17. The number of aromatic nitrogens is 6. The van der Waals surface area contributed by atoms with E-state index in [0.717, 1.165) is 19.4 Å². The molecule has 1 unspecified atom stereocenters. The van der Waals surface area contributed by atoms with Crippen molar-refractivity contribution >= 4 is 21.8 Å². The van der Waals surface area contributed by atoms with Crippen LogP contribution in [0, 0.1) is 6.92 Å². The average Bonchev–Trinajstić information content (AvgIpc) is 3.35. The summed E-state index contributed by atoms with van der Waals surface area (Å²) in [5.74, 6) is 0.865. The Hall–Kier alpha value is -3.33. The van der Waals surface area contributed by atoms with Crippen molar-refractivity contribution in [1.29, 1.82) is 0 Å². The third-order valence-electron chi connectivity index (χ3n) is 5.04. The van der Waals surface area contributed by atoms with E-state index in [1.807, 2.05) is 0 Å². The maximum atomic E-state index is 13.0. The number of aromatic amines is 1. The number of hydrogen-bond acceptors (Lipinski definition) is 6. The number of nitrogens with one attached hydrogen (secondary N) is 1.